The van der Waals surface area contributed by atoms with Crippen molar-refractivity contribution in [1.82, 2.24) is 0 Å². The highest BCUT2D eigenvalue weighted by Crippen LogP contribution is 2.02. The highest BCUT2D eigenvalue weighted by molar-refractivity contribution is 5.75. The molecule has 0 rings (SSSR count). The molecule has 0 aromatic rings. The summed E-state index contributed by atoms with van der Waals surface area (Å²) in [7, 11) is 0. The molecule has 0 aliphatic heterocycles. The number of hydrogen-bond donors (Lipinski definition) is 4. The SMILES string of the molecule is CCCOC(=O)[C@@H](O)[C@H](O)[C@H](O)CO. The van der Waals surface area contributed by atoms with E-state index < -0.39 is 30.9 Å². The number of rotatable bonds is 6. The molecule has 0 amide bonds. The van der Waals surface area contributed by atoms with Crippen LogP contribution in [0.15, 0.2) is 0 Å². The summed E-state index contributed by atoms with van der Waals surface area (Å²) in [6, 6.07) is 0. The van der Waals surface area contributed by atoms with E-state index in [0.29, 0.717) is 6.42 Å². The minimum atomic E-state index is -1.83. The highest BCUT2D eigenvalue weighted by atomic mass is 16.5. The van der Waals surface area contributed by atoms with Crippen molar-refractivity contribution >= 4 is 5.97 Å². The number of aliphatic hydroxyl groups excluding tert-OH is 4. The van der Waals surface area contributed by atoms with Gasteiger partial charge in [-0.2, -0.15) is 0 Å². The molecule has 0 aliphatic carbocycles. The lowest BCUT2D eigenvalue weighted by Gasteiger charge is -2.19. The van der Waals surface area contributed by atoms with Crippen molar-refractivity contribution in [3.63, 3.8) is 0 Å². The molecule has 6 nitrogen and oxygen atoms in total. The van der Waals surface area contributed by atoms with Crippen LogP contribution in [-0.4, -0.2) is 57.9 Å². The molecule has 0 fully saturated rings. The van der Waals surface area contributed by atoms with Crippen molar-refractivity contribution < 1.29 is 30.0 Å². The van der Waals surface area contributed by atoms with E-state index in [-0.39, 0.29) is 6.61 Å². The second kappa shape index (κ2) is 6.72. The third-order valence-corrected chi connectivity index (χ3v) is 1.59. The molecule has 0 aliphatic rings. The van der Waals surface area contributed by atoms with Crippen molar-refractivity contribution in [3.8, 4) is 0 Å². The van der Waals surface area contributed by atoms with Crippen LogP contribution in [0.5, 0.6) is 0 Å². The van der Waals surface area contributed by atoms with Crippen LogP contribution < -0.4 is 0 Å². The molecule has 84 valence electrons. The minimum absolute atomic E-state index is 0.137. The summed E-state index contributed by atoms with van der Waals surface area (Å²) in [6.07, 6.45) is -4.52. The predicted molar refractivity (Wildman–Crippen MR) is 46.4 cm³/mol. The van der Waals surface area contributed by atoms with Crippen molar-refractivity contribution in [1.29, 1.82) is 0 Å². The first-order valence-corrected chi connectivity index (χ1v) is 4.36. The molecular weight excluding hydrogens is 192 g/mol. The van der Waals surface area contributed by atoms with Crippen LogP contribution in [0.2, 0.25) is 0 Å². The van der Waals surface area contributed by atoms with Crippen molar-refractivity contribution in [2.45, 2.75) is 31.7 Å². The van der Waals surface area contributed by atoms with Crippen molar-refractivity contribution in [2.75, 3.05) is 13.2 Å². The van der Waals surface area contributed by atoms with E-state index in [1.807, 2.05) is 0 Å². The van der Waals surface area contributed by atoms with Gasteiger partial charge in [-0.1, -0.05) is 6.92 Å². The zero-order valence-corrected chi connectivity index (χ0v) is 7.96. The lowest BCUT2D eigenvalue weighted by Crippen LogP contribution is -2.44. The maximum absolute atomic E-state index is 10.9. The Hall–Kier alpha value is -0.690. The summed E-state index contributed by atoms with van der Waals surface area (Å²) in [5.41, 5.74) is 0. The molecule has 0 aromatic carbocycles. The quantitative estimate of drug-likeness (QED) is 0.377. The Morgan fingerprint density at radius 2 is 1.93 bits per heavy atom. The summed E-state index contributed by atoms with van der Waals surface area (Å²) in [4.78, 5) is 10.9. The van der Waals surface area contributed by atoms with Gasteiger partial charge >= 0.3 is 5.97 Å². The molecule has 3 atom stereocenters. The lowest BCUT2D eigenvalue weighted by molar-refractivity contribution is -0.165. The maximum atomic E-state index is 10.9. The highest BCUT2D eigenvalue weighted by Gasteiger charge is 2.30. The number of carbonyl (C=O) groups is 1. The lowest BCUT2D eigenvalue weighted by atomic mass is 10.1. The van der Waals surface area contributed by atoms with Gasteiger partial charge in [-0.25, -0.2) is 4.79 Å². The Morgan fingerprint density at radius 3 is 2.36 bits per heavy atom. The van der Waals surface area contributed by atoms with Crippen LogP contribution in [0.4, 0.5) is 0 Å². The maximum Gasteiger partial charge on any atom is 0.337 e. The van der Waals surface area contributed by atoms with Crippen LogP contribution in [0.3, 0.4) is 0 Å². The smallest absolute Gasteiger partial charge is 0.337 e. The molecule has 0 saturated carbocycles. The number of carbonyl (C=O) groups excluding carboxylic acids is 1. The fourth-order valence-corrected chi connectivity index (χ4v) is 0.746. The first-order valence-electron chi connectivity index (χ1n) is 4.36. The van der Waals surface area contributed by atoms with Gasteiger partial charge in [0.1, 0.15) is 12.2 Å². The van der Waals surface area contributed by atoms with Crippen LogP contribution in [-0.2, 0) is 9.53 Å². The molecule has 0 bridgehead atoms. The number of hydrogen-bond acceptors (Lipinski definition) is 6. The van der Waals surface area contributed by atoms with Crippen molar-refractivity contribution in [2.24, 2.45) is 0 Å². The molecular formula is C8H16O6. The number of esters is 1. The van der Waals surface area contributed by atoms with E-state index in [2.05, 4.69) is 4.74 Å². The van der Waals surface area contributed by atoms with Crippen LogP contribution in [0.1, 0.15) is 13.3 Å². The molecule has 4 N–H and O–H groups in total. The first kappa shape index (κ1) is 13.3. The fraction of sp³-hybridized carbons (Fsp3) is 0.875. The van der Waals surface area contributed by atoms with E-state index in [9.17, 15) is 4.79 Å². The van der Waals surface area contributed by atoms with E-state index in [4.69, 9.17) is 20.4 Å². The summed E-state index contributed by atoms with van der Waals surface area (Å²) in [5, 5.41) is 35.6. The van der Waals surface area contributed by atoms with Gasteiger partial charge in [-0.15, -0.1) is 0 Å². The Labute approximate surface area is 81.7 Å². The Balaban J connectivity index is 4.03. The zero-order valence-electron chi connectivity index (χ0n) is 7.96. The fourth-order valence-electron chi connectivity index (χ4n) is 0.746. The Bertz CT molecular complexity index is 171. The van der Waals surface area contributed by atoms with Gasteiger partial charge < -0.3 is 25.2 Å². The van der Waals surface area contributed by atoms with Gasteiger partial charge in [0.2, 0.25) is 0 Å². The number of aliphatic hydroxyl groups is 4. The molecule has 6 heteroatoms. The Kier molecular flexibility index (Phi) is 6.39. The normalized spacial score (nSPS) is 17.2. The van der Waals surface area contributed by atoms with Gasteiger partial charge in [0, 0.05) is 0 Å². The summed E-state index contributed by atoms with van der Waals surface area (Å²) in [5.74, 6) is -1.01. The van der Waals surface area contributed by atoms with E-state index >= 15 is 0 Å². The second-order valence-electron chi connectivity index (χ2n) is 2.85. The van der Waals surface area contributed by atoms with Crippen LogP contribution in [0.25, 0.3) is 0 Å². The number of ether oxygens (including phenoxy) is 1. The second-order valence-corrected chi connectivity index (χ2v) is 2.85. The molecule has 0 unspecified atom stereocenters. The third-order valence-electron chi connectivity index (χ3n) is 1.59. The molecule has 0 saturated heterocycles. The van der Waals surface area contributed by atoms with Crippen LogP contribution >= 0.6 is 0 Å². The third kappa shape index (κ3) is 4.01. The topological polar surface area (TPSA) is 107 Å². The van der Waals surface area contributed by atoms with E-state index in [1.165, 1.54) is 0 Å². The van der Waals surface area contributed by atoms with Gasteiger partial charge in [0.25, 0.3) is 0 Å². The van der Waals surface area contributed by atoms with Crippen molar-refractivity contribution in [3.05, 3.63) is 0 Å². The van der Waals surface area contributed by atoms with Gasteiger partial charge in [-0.05, 0) is 6.42 Å². The molecule has 0 spiro atoms. The van der Waals surface area contributed by atoms with E-state index in [0.717, 1.165) is 0 Å². The van der Waals surface area contributed by atoms with Crippen LogP contribution in [0, 0.1) is 0 Å². The Morgan fingerprint density at radius 1 is 1.36 bits per heavy atom. The zero-order chi connectivity index (χ0) is 11.1. The molecule has 0 aromatic heterocycles. The summed E-state index contributed by atoms with van der Waals surface area (Å²) >= 11 is 0. The standard InChI is InChI=1S/C8H16O6/c1-2-3-14-8(13)7(12)6(11)5(10)4-9/h5-7,9-12H,2-4H2,1H3/t5-,6-,7+/m1/s1. The summed E-state index contributed by atoms with van der Waals surface area (Å²) < 4.78 is 4.53. The summed E-state index contributed by atoms with van der Waals surface area (Å²) in [6.45, 7) is 1.18. The minimum Gasteiger partial charge on any atom is -0.464 e. The monoisotopic (exact) mass is 208 g/mol. The average molecular weight is 208 g/mol. The molecule has 14 heavy (non-hydrogen) atoms. The first-order chi connectivity index (χ1) is 6.54. The average Bonchev–Trinajstić information content (AvgIpc) is 2.22. The predicted octanol–water partition coefficient (Wildman–Crippen LogP) is -1.99. The van der Waals surface area contributed by atoms with Gasteiger partial charge in [0.05, 0.1) is 13.2 Å². The van der Waals surface area contributed by atoms with Gasteiger partial charge in [-0.3, -0.25) is 0 Å². The van der Waals surface area contributed by atoms with E-state index in [1.54, 1.807) is 6.92 Å². The largest absolute Gasteiger partial charge is 0.464 e. The molecule has 0 heterocycles. The molecule has 0 radical (unpaired) electrons. The van der Waals surface area contributed by atoms with Gasteiger partial charge in [0.15, 0.2) is 6.10 Å².